The van der Waals surface area contributed by atoms with Gasteiger partial charge in [-0.2, -0.15) is 0 Å². The van der Waals surface area contributed by atoms with Crippen LogP contribution < -0.4 is 19.7 Å². The van der Waals surface area contributed by atoms with Crippen LogP contribution in [0.5, 0.6) is 5.88 Å². The summed E-state index contributed by atoms with van der Waals surface area (Å²) in [5.74, 6) is 0.836. The van der Waals surface area contributed by atoms with Crippen LogP contribution in [0.15, 0.2) is 36.7 Å². The Morgan fingerprint density at radius 3 is 2.73 bits per heavy atom. The summed E-state index contributed by atoms with van der Waals surface area (Å²) >= 11 is 1.53. The van der Waals surface area contributed by atoms with Crippen molar-refractivity contribution in [1.82, 2.24) is 20.2 Å². The van der Waals surface area contributed by atoms with E-state index in [4.69, 9.17) is 9.72 Å². The van der Waals surface area contributed by atoms with E-state index in [1.807, 2.05) is 25.7 Å². The number of anilines is 2. The molecular weight excluding hydrogens is 484 g/mol. The molecule has 0 bridgehead atoms. The maximum absolute atomic E-state index is 13.2. The molecule has 2 fully saturated rings. The predicted octanol–water partition coefficient (Wildman–Crippen LogP) is 4.06. The predicted molar refractivity (Wildman–Crippen MR) is 150 cm³/mol. The quantitative estimate of drug-likeness (QED) is 0.341. The van der Waals surface area contributed by atoms with Gasteiger partial charge in [0.15, 0.2) is 0 Å². The van der Waals surface area contributed by atoms with Crippen LogP contribution in [0.25, 0.3) is 22.0 Å². The molecule has 0 radical (unpaired) electrons. The minimum Gasteiger partial charge on any atom is -0.476 e. The standard InChI is InChI=1S/C28H34N6O2S/c1-33-24-18-30-22-6-5-19(15-21(22)25(24)28(27(33)35)7-3-8-28)20-16-23(32-37-2)26(31-17-20)36-14-4-11-34-12-9-29-10-13-34/h5-6,15-18,29,32H,3-4,7-14H2,1-2H3. The number of ether oxygens (including phenoxy) is 1. The first-order valence-electron chi connectivity index (χ1n) is 13.2. The van der Waals surface area contributed by atoms with E-state index in [-0.39, 0.29) is 11.3 Å². The molecule has 2 aromatic heterocycles. The van der Waals surface area contributed by atoms with Crippen molar-refractivity contribution in [2.75, 3.05) is 62.3 Å². The lowest BCUT2D eigenvalue weighted by Gasteiger charge is -2.37. The molecule has 9 heteroatoms. The highest BCUT2D eigenvalue weighted by atomic mass is 32.2. The number of piperazine rings is 1. The molecule has 1 amide bonds. The van der Waals surface area contributed by atoms with Gasteiger partial charge in [-0.25, -0.2) is 4.98 Å². The highest BCUT2D eigenvalue weighted by Gasteiger charge is 2.54. The van der Waals surface area contributed by atoms with Gasteiger partial charge in [-0.05, 0) is 43.0 Å². The average molecular weight is 519 g/mol. The van der Waals surface area contributed by atoms with Crippen LogP contribution in [-0.4, -0.2) is 73.4 Å². The lowest BCUT2D eigenvalue weighted by atomic mass is 9.64. The van der Waals surface area contributed by atoms with Crippen molar-refractivity contribution in [1.29, 1.82) is 0 Å². The molecule has 2 N–H and O–H groups in total. The SMILES string of the molecule is CSNc1cc(-c2ccc3ncc4c(c3c2)C2(CCC2)C(=O)N4C)cnc1OCCCN1CCNCC1. The zero-order valence-electron chi connectivity index (χ0n) is 21.5. The molecule has 8 nitrogen and oxygen atoms in total. The Bertz CT molecular complexity index is 1320. The monoisotopic (exact) mass is 518 g/mol. The number of nitrogens with one attached hydrogen (secondary N) is 2. The van der Waals surface area contributed by atoms with Gasteiger partial charge in [0.1, 0.15) is 5.69 Å². The second kappa shape index (κ2) is 10.1. The van der Waals surface area contributed by atoms with Crippen molar-refractivity contribution in [3.63, 3.8) is 0 Å². The number of carbonyl (C=O) groups excluding carboxylic acids is 1. The van der Waals surface area contributed by atoms with Gasteiger partial charge in [-0.15, -0.1) is 0 Å². The topological polar surface area (TPSA) is 82.6 Å². The number of hydrogen-bond acceptors (Lipinski definition) is 8. The largest absolute Gasteiger partial charge is 0.476 e. The lowest BCUT2D eigenvalue weighted by Crippen LogP contribution is -2.44. The summed E-state index contributed by atoms with van der Waals surface area (Å²) in [7, 11) is 1.87. The zero-order valence-corrected chi connectivity index (χ0v) is 22.4. The first-order chi connectivity index (χ1) is 18.1. The zero-order chi connectivity index (χ0) is 25.4. The summed E-state index contributed by atoms with van der Waals surface area (Å²) in [5, 5.41) is 4.46. The summed E-state index contributed by atoms with van der Waals surface area (Å²) < 4.78 is 9.44. The number of nitrogens with zero attached hydrogens (tertiary/aromatic N) is 4. The third-order valence-corrected chi connectivity index (χ3v) is 8.50. The van der Waals surface area contributed by atoms with Gasteiger partial charge in [-0.1, -0.05) is 24.4 Å². The van der Waals surface area contributed by atoms with E-state index in [1.54, 1.807) is 4.90 Å². The normalized spacial score (nSPS) is 18.8. The van der Waals surface area contributed by atoms with Crippen LogP contribution in [0.4, 0.5) is 11.4 Å². The third-order valence-electron chi connectivity index (χ3n) is 8.07. The van der Waals surface area contributed by atoms with Crippen molar-refractivity contribution in [3.8, 4) is 17.0 Å². The van der Waals surface area contributed by atoms with E-state index in [0.29, 0.717) is 12.5 Å². The van der Waals surface area contributed by atoms with E-state index < -0.39 is 0 Å². The molecule has 1 aliphatic carbocycles. The molecule has 194 valence electrons. The van der Waals surface area contributed by atoms with Crippen molar-refractivity contribution >= 4 is 40.1 Å². The molecule has 6 rings (SSSR count). The molecule has 1 spiro atoms. The van der Waals surface area contributed by atoms with Crippen LogP contribution in [0, 0.1) is 0 Å². The molecule has 37 heavy (non-hydrogen) atoms. The Kier molecular flexibility index (Phi) is 6.69. The minimum absolute atomic E-state index is 0.208. The van der Waals surface area contributed by atoms with Crippen LogP contribution in [-0.2, 0) is 10.2 Å². The number of carbonyl (C=O) groups is 1. The molecule has 0 unspecified atom stereocenters. The van der Waals surface area contributed by atoms with E-state index in [9.17, 15) is 4.79 Å². The summed E-state index contributed by atoms with van der Waals surface area (Å²) in [5.41, 5.74) is 5.58. The minimum atomic E-state index is -0.379. The first-order valence-corrected chi connectivity index (χ1v) is 14.4. The first kappa shape index (κ1) is 24.5. The molecule has 0 atom stereocenters. The molecule has 1 aromatic carbocycles. The van der Waals surface area contributed by atoms with E-state index in [0.717, 1.165) is 97.4 Å². The smallest absolute Gasteiger partial charge is 0.238 e. The lowest BCUT2D eigenvalue weighted by molar-refractivity contribution is -0.125. The van der Waals surface area contributed by atoms with Gasteiger partial charge in [0.25, 0.3) is 0 Å². The maximum Gasteiger partial charge on any atom is 0.238 e. The van der Waals surface area contributed by atoms with Crippen molar-refractivity contribution in [3.05, 3.63) is 42.2 Å². The van der Waals surface area contributed by atoms with E-state index >= 15 is 0 Å². The number of aromatic nitrogens is 2. The number of benzene rings is 1. The number of pyridine rings is 2. The average Bonchev–Trinajstić information content (AvgIpc) is 3.15. The third kappa shape index (κ3) is 4.32. The van der Waals surface area contributed by atoms with Crippen LogP contribution >= 0.6 is 11.9 Å². The summed E-state index contributed by atoms with van der Waals surface area (Å²) in [4.78, 5) is 26.8. The molecule has 2 aliphatic heterocycles. The number of rotatable bonds is 8. The summed E-state index contributed by atoms with van der Waals surface area (Å²) in [6.07, 6.45) is 9.63. The fourth-order valence-corrected chi connectivity index (χ4v) is 6.32. The van der Waals surface area contributed by atoms with Gasteiger partial charge in [0.05, 0.1) is 29.4 Å². The number of fused-ring (bicyclic) bond motifs is 4. The van der Waals surface area contributed by atoms with Crippen molar-refractivity contribution < 1.29 is 9.53 Å². The van der Waals surface area contributed by atoms with E-state index in [1.165, 1.54) is 11.9 Å². The Morgan fingerprint density at radius 2 is 1.97 bits per heavy atom. The van der Waals surface area contributed by atoms with E-state index in [2.05, 4.69) is 44.2 Å². The molecule has 1 saturated carbocycles. The van der Waals surface area contributed by atoms with Gasteiger partial charge in [0.2, 0.25) is 11.8 Å². The Labute approximate surface area is 222 Å². The van der Waals surface area contributed by atoms with Gasteiger partial charge >= 0.3 is 0 Å². The van der Waals surface area contributed by atoms with Crippen LogP contribution in [0.3, 0.4) is 0 Å². The highest BCUT2D eigenvalue weighted by molar-refractivity contribution is 7.99. The summed E-state index contributed by atoms with van der Waals surface area (Å²) in [6.45, 7) is 6.00. The van der Waals surface area contributed by atoms with Crippen LogP contribution in [0.1, 0.15) is 31.2 Å². The molecular formula is C28H34N6O2S. The summed E-state index contributed by atoms with van der Waals surface area (Å²) in [6, 6.07) is 8.43. The Morgan fingerprint density at radius 1 is 1.14 bits per heavy atom. The molecule has 1 saturated heterocycles. The van der Waals surface area contributed by atoms with Gasteiger partial charge in [-0.3, -0.25) is 9.78 Å². The number of likely N-dealkylation sites (N-methyl/N-ethyl adjacent to an activating group) is 1. The Hall–Kier alpha value is -2.88. The fraction of sp³-hybridized carbons (Fsp3) is 0.464. The second-order valence-electron chi connectivity index (χ2n) is 10.2. The van der Waals surface area contributed by atoms with Crippen molar-refractivity contribution in [2.24, 2.45) is 0 Å². The maximum atomic E-state index is 13.2. The fourth-order valence-electron chi connectivity index (χ4n) is 5.95. The second-order valence-corrected chi connectivity index (χ2v) is 10.8. The van der Waals surface area contributed by atoms with Crippen LogP contribution in [0.2, 0.25) is 0 Å². The van der Waals surface area contributed by atoms with Gasteiger partial charge in [0, 0.05) is 68.7 Å². The molecule has 4 heterocycles. The Balaban J connectivity index is 1.26. The molecule has 3 aromatic rings. The molecule has 3 aliphatic rings. The van der Waals surface area contributed by atoms with Gasteiger partial charge < -0.3 is 24.6 Å². The highest BCUT2D eigenvalue weighted by Crippen LogP contribution is 2.55. The number of hydrogen-bond donors (Lipinski definition) is 2. The van der Waals surface area contributed by atoms with Crippen molar-refractivity contribution in [2.45, 2.75) is 31.1 Å². The number of amides is 1.